The fraction of sp³-hybridized carbons (Fsp3) is 0.0952. The molecule has 3 rings (SSSR count). The first-order valence-electron chi connectivity index (χ1n) is 8.24. The smallest absolute Gasteiger partial charge is 0.416 e. The van der Waals surface area contributed by atoms with Crippen molar-refractivity contribution >= 4 is 23.5 Å². The monoisotopic (exact) mass is 405 g/mol. The summed E-state index contributed by atoms with van der Waals surface area (Å²) in [5.74, 6) is -0.0127. The SMILES string of the molecule is Oc1c(Cl)cccc1C=Nc1cc(C(F)(F)F)ccc1OCc1ccccc1. The molecule has 1 N–H and O–H groups in total. The molecule has 0 amide bonds. The predicted molar refractivity (Wildman–Crippen MR) is 103 cm³/mol. The maximum Gasteiger partial charge on any atom is 0.416 e. The lowest BCUT2D eigenvalue weighted by atomic mass is 10.1. The van der Waals surface area contributed by atoms with Gasteiger partial charge in [0.05, 0.1) is 10.6 Å². The van der Waals surface area contributed by atoms with Crippen molar-refractivity contribution < 1.29 is 23.0 Å². The quantitative estimate of drug-likeness (QED) is 0.499. The van der Waals surface area contributed by atoms with Gasteiger partial charge in [0.15, 0.2) is 0 Å². The Labute approximate surface area is 164 Å². The summed E-state index contributed by atoms with van der Waals surface area (Å²) in [5.41, 5.74) is 0.288. The van der Waals surface area contributed by atoms with Gasteiger partial charge in [0.25, 0.3) is 0 Å². The van der Waals surface area contributed by atoms with Gasteiger partial charge in [-0.15, -0.1) is 0 Å². The molecule has 7 heteroatoms. The lowest BCUT2D eigenvalue weighted by Crippen LogP contribution is -2.05. The number of rotatable bonds is 5. The van der Waals surface area contributed by atoms with E-state index < -0.39 is 11.7 Å². The maximum absolute atomic E-state index is 13.1. The van der Waals surface area contributed by atoms with Crippen molar-refractivity contribution in [3.63, 3.8) is 0 Å². The summed E-state index contributed by atoms with van der Waals surface area (Å²) >= 11 is 5.84. The number of phenolic OH excluding ortho intramolecular Hbond substituents is 1. The van der Waals surface area contributed by atoms with Crippen molar-refractivity contribution in [2.24, 2.45) is 4.99 Å². The first-order valence-corrected chi connectivity index (χ1v) is 8.62. The largest absolute Gasteiger partial charge is 0.506 e. The normalized spacial score (nSPS) is 11.7. The van der Waals surface area contributed by atoms with Gasteiger partial charge in [-0.2, -0.15) is 13.2 Å². The molecule has 0 aliphatic heterocycles. The summed E-state index contributed by atoms with van der Waals surface area (Å²) in [6.45, 7) is 0.178. The van der Waals surface area contributed by atoms with Gasteiger partial charge in [0.2, 0.25) is 0 Å². The minimum Gasteiger partial charge on any atom is -0.506 e. The van der Waals surface area contributed by atoms with Crippen LogP contribution in [-0.2, 0) is 12.8 Å². The number of aliphatic imine (C=N–C) groups is 1. The maximum atomic E-state index is 13.1. The van der Waals surface area contributed by atoms with Crippen LogP contribution in [0.25, 0.3) is 0 Å². The van der Waals surface area contributed by atoms with Gasteiger partial charge in [0.1, 0.15) is 23.8 Å². The molecule has 0 aromatic heterocycles. The molecule has 0 bridgehead atoms. The fourth-order valence-corrected chi connectivity index (χ4v) is 2.61. The third-order valence-corrected chi connectivity index (χ3v) is 4.19. The zero-order valence-electron chi connectivity index (χ0n) is 14.4. The van der Waals surface area contributed by atoms with Crippen LogP contribution in [0.5, 0.6) is 11.5 Å². The molecule has 28 heavy (non-hydrogen) atoms. The third-order valence-electron chi connectivity index (χ3n) is 3.88. The molecule has 144 valence electrons. The van der Waals surface area contributed by atoms with E-state index >= 15 is 0 Å². The van der Waals surface area contributed by atoms with Crippen LogP contribution in [0.15, 0.2) is 71.7 Å². The molecule has 0 aliphatic rings. The number of hydrogen-bond acceptors (Lipinski definition) is 3. The number of alkyl halides is 3. The van der Waals surface area contributed by atoms with Crippen LogP contribution in [0.4, 0.5) is 18.9 Å². The summed E-state index contributed by atoms with van der Waals surface area (Å²) in [7, 11) is 0. The molecule has 3 nitrogen and oxygen atoms in total. The van der Waals surface area contributed by atoms with Crippen molar-refractivity contribution in [2.75, 3.05) is 0 Å². The predicted octanol–water partition coefficient (Wildman–Crippen LogP) is 6.39. The highest BCUT2D eigenvalue weighted by atomic mass is 35.5. The van der Waals surface area contributed by atoms with E-state index in [0.29, 0.717) is 0 Å². The Kier molecular flexibility index (Phi) is 5.90. The van der Waals surface area contributed by atoms with E-state index in [9.17, 15) is 18.3 Å². The second-order valence-electron chi connectivity index (χ2n) is 5.89. The van der Waals surface area contributed by atoms with Crippen LogP contribution >= 0.6 is 11.6 Å². The van der Waals surface area contributed by atoms with E-state index in [4.69, 9.17) is 16.3 Å². The summed E-state index contributed by atoms with van der Waals surface area (Å²) < 4.78 is 44.9. The van der Waals surface area contributed by atoms with E-state index in [0.717, 1.165) is 17.7 Å². The van der Waals surface area contributed by atoms with Crippen molar-refractivity contribution in [3.05, 3.63) is 88.4 Å². The van der Waals surface area contributed by atoms with E-state index in [1.807, 2.05) is 30.3 Å². The standard InChI is InChI=1S/C21H15ClF3NO2/c22-17-8-4-7-15(20(17)27)12-26-18-11-16(21(23,24)25)9-10-19(18)28-13-14-5-2-1-3-6-14/h1-12,27H,13H2. The highest BCUT2D eigenvalue weighted by Gasteiger charge is 2.31. The van der Waals surface area contributed by atoms with E-state index in [-0.39, 0.29) is 34.4 Å². The van der Waals surface area contributed by atoms with Gasteiger partial charge >= 0.3 is 6.18 Å². The minimum atomic E-state index is -4.51. The molecule has 0 saturated heterocycles. The number of nitrogens with zero attached hydrogens (tertiary/aromatic N) is 1. The Balaban J connectivity index is 1.93. The average molecular weight is 406 g/mol. The summed E-state index contributed by atoms with van der Waals surface area (Å²) in [4.78, 5) is 4.10. The lowest BCUT2D eigenvalue weighted by molar-refractivity contribution is -0.137. The van der Waals surface area contributed by atoms with Gasteiger partial charge in [-0.05, 0) is 35.9 Å². The van der Waals surface area contributed by atoms with Crippen LogP contribution in [0.2, 0.25) is 5.02 Å². The van der Waals surface area contributed by atoms with E-state index in [1.54, 1.807) is 12.1 Å². The number of hydrogen-bond donors (Lipinski definition) is 1. The zero-order valence-corrected chi connectivity index (χ0v) is 15.2. The summed E-state index contributed by atoms with van der Waals surface area (Å²) in [6.07, 6.45) is -3.27. The molecule has 3 aromatic rings. The zero-order chi connectivity index (χ0) is 20.1. The Morgan fingerprint density at radius 1 is 1.00 bits per heavy atom. The average Bonchev–Trinajstić information content (AvgIpc) is 2.68. The van der Waals surface area contributed by atoms with Gasteiger partial charge in [-0.3, -0.25) is 4.99 Å². The lowest BCUT2D eigenvalue weighted by Gasteiger charge is -2.12. The minimum absolute atomic E-state index is 0.00914. The number of halogens is 4. The number of ether oxygens (including phenoxy) is 1. The molecular formula is C21H15ClF3NO2. The first-order chi connectivity index (χ1) is 13.3. The van der Waals surface area contributed by atoms with Crippen LogP contribution in [0, 0.1) is 0 Å². The Morgan fingerprint density at radius 3 is 2.46 bits per heavy atom. The molecule has 0 heterocycles. The summed E-state index contributed by atoms with van der Waals surface area (Å²) in [6, 6.07) is 16.9. The van der Waals surface area contributed by atoms with Crippen LogP contribution in [0.1, 0.15) is 16.7 Å². The Bertz CT molecular complexity index is 989. The second kappa shape index (κ2) is 8.35. The van der Waals surface area contributed by atoms with Gasteiger partial charge < -0.3 is 9.84 Å². The van der Waals surface area contributed by atoms with E-state index in [2.05, 4.69) is 4.99 Å². The van der Waals surface area contributed by atoms with Gasteiger partial charge in [-0.1, -0.05) is 48.0 Å². The number of benzene rings is 3. The highest BCUT2D eigenvalue weighted by Crippen LogP contribution is 2.37. The van der Waals surface area contributed by atoms with Crippen molar-refractivity contribution in [1.29, 1.82) is 0 Å². The first kappa shape index (κ1) is 19.8. The molecule has 0 radical (unpaired) electrons. The third kappa shape index (κ3) is 4.84. The number of aromatic hydroxyl groups is 1. The van der Waals surface area contributed by atoms with Gasteiger partial charge in [0, 0.05) is 11.8 Å². The Hall–Kier alpha value is -2.99. The van der Waals surface area contributed by atoms with Crippen LogP contribution < -0.4 is 4.74 Å². The molecule has 0 saturated carbocycles. The highest BCUT2D eigenvalue weighted by molar-refractivity contribution is 6.32. The van der Waals surface area contributed by atoms with E-state index in [1.165, 1.54) is 18.3 Å². The number of para-hydroxylation sites is 1. The summed E-state index contributed by atoms with van der Waals surface area (Å²) in [5, 5.41) is 10.1. The molecular weight excluding hydrogens is 391 g/mol. The molecule has 0 atom stereocenters. The number of phenols is 1. The fourth-order valence-electron chi connectivity index (χ4n) is 2.43. The molecule has 0 spiro atoms. The van der Waals surface area contributed by atoms with Crippen molar-refractivity contribution in [1.82, 2.24) is 0 Å². The van der Waals surface area contributed by atoms with Gasteiger partial charge in [-0.25, -0.2) is 0 Å². The van der Waals surface area contributed by atoms with Crippen LogP contribution in [-0.4, -0.2) is 11.3 Å². The molecule has 0 unspecified atom stereocenters. The topological polar surface area (TPSA) is 41.8 Å². The van der Waals surface area contributed by atoms with Crippen molar-refractivity contribution in [2.45, 2.75) is 12.8 Å². The van der Waals surface area contributed by atoms with Crippen LogP contribution in [0.3, 0.4) is 0 Å². The second-order valence-corrected chi connectivity index (χ2v) is 6.30. The molecule has 0 aliphatic carbocycles. The Morgan fingerprint density at radius 2 is 1.75 bits per heavy atom. The molecule has 0 fully saturated rings. The van der Waals surface area contributed by atoms with Crippen molar-refractivity contribution in [3.8, 4) is 11.5 Å². The molecule has 3 aromatic carbocycles.